The highest BCUT2D eigenvalue weighted by atomic mass is 35.5. The zero-order valence-electron chi connectivity index (χ0n) is 11.8. The van der Waals surface area contributed by atoms with Crippen molar-refractivity contribution in [1.29, 1.82) is 0 Å². The summed E-state index contributed by atoms with van der Waals surface area (Å²) in [5.74, 6) is 1.16. The van der Waals surface area contributed by atoms with Crippen molar-refractivity contribution in [1.82, 2.24) is 9.78 Å². The van der Waals surface area contributed by atoms with Crippen molar-refractivity contribution in [3.05, 3.63) is 40.7 Å². The molecule has 1 atom stereocenters. The third-order valence-corrected chi connectivity index (χ3v) is 3.75. The van der Waals surface area contributed by atoms with Crippen molar-refractivity contribution in [3.63, 3.8) is 0 Å². The Morgan fingerprint density at radius 2 is 2.19 bits per heavy atom. The van der Waals surface area contributed by atoms with Gasteiger partial charge >= 0.3 is 0 Å². The van der Waals surface area contributed by atoms with Gasteiger partial charge in [0, 0.05) is 13.2 Å². The van der Waals surface area contributed by atoms with Gasteiger partial charge in [0.1, 0.15) is 13.2 Å². The van der Waals surface area contributed by atoms with Crippen LogP contribution in [0.4, 0.5) is 0 Å². The number of rotatable bonds is 4. The van der Waals surface area contributed by atoms with E-state index >= 15 is 0 Å². The van der Waals surface area contributed by atoms with Crippen LogP contribution >= 0.6 is 11.6 Å². The number of hydrogen-bond donors (Lipinski definition) is 1. The van der Waals surface area contributed by atoms with Crippen molar-refractivity contribution in [2.75, 3.05) is 13.2 Å². The fraction of sp³-hybridized carbons (Fsp3) is 0.400. The number of ether oxygens (including phenoxy) is 2. The second-order valence-corrected chi connectivity index (χ2v) is 5.51. The highest BCUT2D eigenvalue weighted by Gasteiger charge is 2.19. The van der Waals surface area contributed by atoms with Crippen LogP contribution in [0, 0.1) is 0 Å². The van der Waals surface area contributed by atoms with Crippen LogP contribution in [-0.2, 0) is 13.5 Å². The average molecular weight is 309 g/mol. The maximum atomic E-state index is 10.3. The molecule has 2 heterocycles. The molecule has 1 aliphatic heterocycles. The van der Waals surface area contributed by atoms with Crippen LogP contribution in [0.15, 0.2) is 24.5 Å². The summed E-state index contributed by atoms with van der Waals surface area (Å²) in [6, 6.07) is 3.54. The standard InChI is InChI=1S/C15H17ClN2O3/c1-18-9-10(8-17-18)2-3-13(19)11-6-12(16)15-14(7-11)20-4-5-21-15/h6-9,13,19H,2-5H2,1H3. The fourth-order valence-corrected chi connectivity index (χ4v) is 2.67. The normalized spacial score (nSPS) is 15.0. The Labute approximate surface area is 128 Å². The lowest BCUT2D eigenvalue weighted by Crippen LogP contribution is -2.16. The van der Waals surface area contributed by atoms with E-state index in [1.165, 1.54) is 0 Å². The maximum Gasteiger partial charge on any atom is 0.179 e. The van der Waals surface area contributed by atoms with E-state index in [-0.39, 0.29) is 0 Å². The summed E-state index contributed by atoms with van der Waals surface area (Å²) in [7, 11) is 1.88. The molecule has 2 aromatic rings. The smallest absolute Gasteiger partial charge is 0.179 e. The molecule has 112 valence electrons. The molecule has 1 unspecified atom stereocenters. The molecule has 0 bridgehead atoms. The lowest BCUT2D eigenvalue weighted by Gasteiger charge is -2.21. The van der Waals surface area contributed by atoms with E-state index in [0.717, 1.165) is 17.5 Å². The Balaban J connectivity index is 1.72. The van der Waals surface area contributed by atoms with Gasteiger partial charge in [0.25, 0.3) is 0 Å². The van der Waals surface area contributed by atoms with Crippen molar-refractivity contribution in [2.45, 2.75) is 18.9 Å². The highest BCUT2D eigenvalue weighted by molar-refractivity contribution is 6.32. The van der Waals surface area contributed by atoms with Gasteiger partial charge in [-0.15, -0.1) is 0 Å². The molecule has 0 fully saturated rings. The number of aliphatic hydroxyl groups excluding tert-OH is 1. The summed E-state index contributed by atoms with van der Waals surface area (Å²) in [6.45, 7) is 0.994. The van der Waals surface area contributed by atoms with Crippen LogP contribution in [-0.4, -0.2) is 28.1 Å². The number of aromatic nitrogens is 2. The van der Waals surface area contributed by atoms with Gasteiger partial charge < -0.3 is 14.6 Å². The molecular weight excluding hydrogens is 292 g/mol. The topological polar surface area (TPSA) is 56.5 Å². The molecule has 0 spiro atoms. The lowest BCUT2D eigenvalue weighted by molar-refractivity contribution is 0.159. The molecule has 0 saturated carbocycles. The van der Waals surface area contributed by atoms with E-state index in [4.69, 9.17) is 21.1 Å². The number of aryl methyl sites for hydroxylation is 2. The van der Waals surface area contributed by atoms with E-state index in [1.807, 2.05) is 19.4 Å². The largest absolute Gasteiger partial charge is 0.486 e. The van der Waals surface area contributed by atoms with Gasteiger partial charge in [-0.25, -0.2) is 0 Å². The first kappa shape index (κ1) is 14.2. The fourth-order valence-electron chi connectivity index (χ4n) is 2.39. The molecular formula is C15H17ClN2O3. The molecule has 0 radical (unpaired) electrons. The van der Waals surface area contributed by atoms with Crippen LogP contribution in [0.25, 0.3) is 0 Å². The van der Waals surface area contributed by atoms with Crippen LogP contribution in [0.1, 0.15) is 23.7 Å². The molecule has 1 aliphatic rings. The average Bonchev–Trinajstić information content (AvgIpc) is 2.90. The Kier molecular flexibility index (Phi) is 4.03. The molecule has 1 N–H and O–H groups in total. The van der Waals surface area contributed by atoms with E-state index in [9.17, 15) is 5.11 Å². The molecule has 0 aliphatic carbocycles. The summed E-state index contributed by atoms with van der Waals surface area (Å²) in [5, 5.41) is 14.9. The van der Waals surface area contributed by atoms with Gasteiger partial charge in [0.05, 0.1) is 17.3 Å². The molecule has 0 amide bonds. The predicted octanol–water partition coefficient (Wildman–Crippen LogP) is 2.51. The van der Waals surface area contributed by atoms with Crippen LogP contribution in [0.2, 0.25) is 5.02 Å². The molecule has 3 rings (SSSR count). The van der Waals surface area contributed by atoms with Gasteiger partial charge in [0.2, 0.25) is 0 Å². The van der Waals surface area contributed by atoms with Crippen molar-refractivity contribution in [3.8, 4) is 11.5 Å². The quantitative estimate of drug-likeness (QED) is 0.943. The molecule has 0 saturated heterocycles. The molecule has 6 heteroatoms. The third kappa shape index (κ3) is 3.14. The van der Waals surface area contributed by atoms with Crippen LogP contribution in [0.5, 0.6) is 11.5 Å². The minimum atomic E-state index is -0.599. The van der Waals surface area contributed by atoms with Gasteiger partial charge in [-0.1, -0.05) is 11.6 Å². The first-order chi connectivity index (χ1) is 10.1. The summed E-state index contributed by atoms with van der Waals surface area (Å²) in [5.41, 5.74) is 1.84. The lowest BCUT2D eigenvalue weighted by atomic mass is 10.0. The molecule has 1 aromatic carbocycles. The van der Waals surface area contributed by atoms with Crippen LogP contribution in [0.3, 0.4) is 0 Å². The number of hydrogen-bond acceptors (Lipinski definition) is 4. The highest BCUT2D eigenvalue weighted by Crippen LogP contribution is 2.40. The Morgan fingerprint density at radius 3 is 2.95 bits per heavy atom. The maximum absolute atomic E-state index is 10.3. The number of benzene rings is 1. The number of nitrogens with zero attached hydrogens (tertiary/aromatic N) is 2. The first-order valence-electron chi connectivity index (χ1n) is 6.88. The zero-order valence-corrected chi connectivity index (χ0v) is 12.5. The molecule has 1 aromatic heterocycles. The Bertz CT molecular complexity index is 642. The predicted molar refractivity (Wildman–Crippen MR) is 78.9 cm³/mol. The summed E-state index contributed by atoms with van der Waals surface area (Å²) in [4.78, 5) is 0. The minimum absolute atomic E-state index is 0.475. The second kappa shape index (κ2) is 5.95. The zero-order chi connectivity index (χ0) is 14.8. The van der Waals surface area contributed by atoms with Crippen molar-refractivity contribution >= 4 is 11.6 Å². The van der Waals surface area contributed by atoms with E-state index in [2.05, 4.69) is 5.10 Å². The van der Waals surface area contributed by atoms with Gasteiger partial charge in [-0.2, -0.15) is 5.10 Å². The summed E-state index contributed by atoms with van der Waals surface area (Å²) in [6.07, 6.45) is 4.51. The van der Waals surface area contributed by atoms with Crippen molar-refractivity contribution < 1.29 is 14.6 Å². The summed E-state index contributed by atoms with van der Waals surface area (Å²) >= 11 is 6.18. The monoisotopic (exact) mass is 308 g/mol. The van der Waals surface area contributed by atoms with E-state index < -0.39 is 6.10 Å². The Morgan fingerprint density at radius 1 is 1.38 bits per heavy atom. The second-order valence-electron chi connectivity index (χ2n) is 5.10. The van der Waals surface area contributed by atoms with Gasteiger partial charge in [-0.3, -0.25) is 4.68 Å². The van der Waals surface area contributed by atoms with Gasteiger partial charge in [-0.05, 0) is 36.1 Å². The Hall–Kier alpha value is -1.72. The SMILES string of the molecule is Cn1cc(CCC(O)c2cc(Cl)c3c(c2)OCCO3)cn1. The van der Waals surface area contributed by atoms with E-state index in [1.54, 1.807) is 16.8 Å². The number of fused-ring (bicyclic) bond motifs is 1. The number of aliphatic hydroxyl groups is 1. The summed E-state index contributed by atoms with van der Waals surface area (Å²) < 4.78 is 12.8. The third-order valence-electron chi connectivity index (χ3n) is 3.47. The molecule has 21 heavy (non-hydrogen) atoms. The van der Waals surface area contributed by atoms with Crippen LogP contribution < -0.4 is 9.47 Å². The minimum Gasteiger partial charge on any atom is -0.486 e. The van der Waals surface area contributed by atoms with Crippen molar-refractivity contribution in [2.24, 2.45) is 7.05 Å². The van der Waals surface area contributed by atoms with Gasteiger partial charge in [0.15, 0.2) is 11.5 Å². The number of halogens is 1. The molecule has 5 nitrogen and oxygen atoms in total. The van der Waals surface area contributed by atoms with E-state index in [0.29, 0.717) is 36.2 Å². The first-order valence-corrected chi connectivity index (χ1v) is 7.26.